The SMILES string of the molecule is COc1cc(C=C2CCCN3C2=NOC3(C(=O)O)c2ccc(F)cc2)ccc1-n1cnc(C)c1. The quantitative estimate of drug-likeness (QED) is 0.615. The van der Waals surface area contributed by atoms with Crippen LogP contribution in [0.2, 0.25) is 0 Å². The van der Waals surface area contributed by atoms with Gasteiger partial charge in [0.1, 0.15) is 11.6 Å². The Morgan fingerprint density at radius 1 is 1.26 bits per heavy atom. The number of aromatic nitrogens is 2. The molecule has 0 aliphatic carbocycles. The lowest BCUT2D eigenvalue weighted by Crippen LogP contribution is -2.53. The number of amidine groups is 1. The van der Waals surface area contributed by atoms with Crippen LogP contribution in [0, 0.1) is 12.7 Å². The van der Waals surface area contributed by atoms with Crippen LogP contribution in [-0.4, -0.2) is 45.0 Å². The molecule has 34 heavy (non-hydrogen) atoms. The number of carboxylic acid groups (broad SMARTS) is 1. The van der Waals surface area contributed by atoms with Crippen molar-refractivity contribution in [3.05, 3.63) is 83.2 Å². The molecule has 2 aliphatic heterocycles. The monoisotopic (exact) mass is 462 g/mol. The van der Waals surface area contributed by atoms with E-state index in [4.69, 9.17) is 9.57 Å². The first-order valence-corrected chi connectivity index (χ1v) is 10.9. The predicted molar refractivity (Wildman–Crippen MR) is 123 cm³/mol. The van der Waals surface area contributed by atoms with Crippen LogP contribution >= 0.6 is 0 Å². The van der Waals surface area contributed by atoms with Gasteiger partial charge in [-0.3, -0.25) is 0 Å². The number of ether oxygens (including phenoxy) is 1. The second kappa shape index (κ2) is 8.33. The fourth-order valence-corrected chi connectivity index (χ4v) is 4.44. The molecule has 1 fully saturated rings. The van der Waals surface area contributed by atoms with Crippen LogP contribution in [0.15, 0.2) is 65.7 Å². The average molecular weight is 462 g/mol. The van der Waals surface area contributed by atoms with Gasteiger partial charge < -0.3 is 24.1 Å². The van der Waals surface area contributed by atoms with Crippen molar-refractivity contribution in [3.8, 4) is 11.4 Å². The molecule has 2 aromatic carbocycles. The number of hydrogen-bond acceptors (Lipinski definition) is 6. The topological polar surface area (TPSA) is 89.2 Å². The molecular formula is C25H23FN4O4. The van der Waals surface area contributed by atoms with Crippen molar-refractivity contribution in [2.45, 2.75) is 25.5 Å². The van der Waals surface area contributed by atoms with E-state index in [9.17, 15) is 14.3 Å². The number of piperidine rings is 1. The Kier molecular flexibility index (Phi) is 5.31. The van der Waals surface area contributed by atoms with Crippen LogP contribution in [-0.2, 0) is 15.4 Å². The van der Waals surface area contributed by atoms with Crippen LogP contribution in [0.25, 0.3) is 11.8 Å². The number of hydrogen-bond donors (Lipinski definition) is 1. The van der Waals surface area contributed by atoms with Gasteiger partial charge in [-0.15, -0.1) is 0 Å². The number of carboxylic acids is 1. The van der Waals surface area contributed by atoms with E-state index in [2.05, 4.69) is 10.1 Å². The van der Waals surface area contributed by atoms with Crippen molar-refractivity contribution < 1.29 is 23.9 Å². The Balaban J connectivity index is 1.50. The first kappa shape index (κ1) is 21.7. The van der Waals surface area contributed by atoms with Crippen molar-refractivity contribution in [2.75, 3.05) is 13.7 Å². The first-order chi connectivity index (χ1) is 16.4. The molecule has 1 unspecified atom stereocenters. The number of nitrogens with zero attached hydrogens (tertiary/aromatic N) is 4. The third kappa shape index (κ3) is 3.49. The largest absolute Gasteiger partial charge is 0.495 e. The van der Waals surface area contributed by atoms with Gasteiger partial charge in [-0.05, 0) is 73.4 Å². The fraction of sp³-hybridized carbons (Fsp3) is 0.240. The van der Waals surface area contributed by atoms with Crippen LogP contribution in [0.1, 0.15) is 29.7 Å². The smallest absolute Gasteiger partial charge is 0.377 e. The van der Waals surface area contributed by atoms with Crippen molar-refractivity contribution in [2.24, 2.45) is 5.16 Å². The molecule has 8 nitrogen and oxygen atoms in total. The summed E-state index contributed by atoms with van der Waals surface area (Å²) in [5.74, 6) is -0.520. The third-order valence-corrected chi connectivity index (χ3v) is 6.07. The number of benzene rings is 2. The van der Waals surface area contributed by atoms with Crippen molar-refractivity contribution in [3.63, 3.8) is 0 Å². The zero-order valence-electron chi connectivity index (χ0n) is 18.7. The minimum atomic E-state index is -1.83. The lowest BCUT2D eigenvalue weighted by atomic mass is 9.94. The highest BCUT2D eigenvalue weighted by atomic mass is 19.1. The Bertz CT molecular complexity index is 1310. The molecule has 0 bridgehead atoms. The number of aliphatic carboxylic acids is 1. The normalized spacial score (nSPS) is 20.6. The maximum atomic E-state index is 13.5. The molecule has 0 radical (unpaired) electrons. The van der Waals surface area contributed by atoms with E-state index in [1.54, 1.807) is 18.3 Å². The highest BCUT2D eigenvalue weighted by Crippen LogP contribution is 2.41. The number of imidazole rings is 1. The molecule has 1 atom stereocenters. The van der Waals surface area contributed by atoms with Crippen molar-refractivity contribution in [1.29, 1.82) is 0 Å². The van der Waals surface area contributed by atoms with Gasteiger partial charge in [0.2, 0.25) is 0 Å². The molecule has 174 valence electrons. The summed E-state index contributed by atoms with van der Waals surface area (Å²) in [6, 6.07) is 11.1. The Morgan fingerprint density at radius 2 is 2.06 bits per heavy atom. The van der Waals surface area contributed by atoms with Gasteiger partial charge in [0.15, 0.2) is 5.84 Å². The number of aryl methyl sites for hydroxylation is 1. The van der Waals surface area contributed by atoms with Gasteiger partial charge in [-0.1, -0.05) is 11.2 Å². The number of rotatable bonds is 5. The standard InChI is InChI=1S/C25H23FN4O4/c1-16-14-29(15-27-16)21-10-5-17(13-22(21)33-2)12-18-4-3-11-30-23(18)28-34-25(30,24(31)32)19-6-8-20(26)9-7-19/h5-10,12-15H,3-4,11H2,1-2H3,(H,31,32). The zero-order valence-corrected chi connectivity index (χ0v) is 18.7. The zero-order chi connectivity index (χ0) is 23.9. The Hall–Kier alpha value is -4.14. The molecule has 5 rings (SSSR count). The van der Waals surface area contributed by atoms with Gasteiger partial charge in [0.25, 0.3) is 0 Å². The van der Waals surface area contributed by atoms with Gasteiger partial charge in [0, 0.05) is 18.3 Å². The molecule has 9 heteroatoms. The van der Waals surface area contributed by atoms with Gasteiger partial charge in [-0.2, -0.15) is 0 Å². The summed E-state index contributed by atoms with van der Waals surface area (Å²) in [4.78, 5) is 23.9. The minimum Gasteiger partial charge on any atom is -0.495 e. The molecule has 2 aliphatic rings. The first-order valence-electron chi connectivity index (χ1n) is 10.9. The highest BCUT2D eigenvalue weighted by molar-refractivity contribution is 6.05. The lowest BCUT2D eigenvalue weighted by molar-refractivity contribution is -0.183. The van der Waals surface area contributed by atoms with E-state index >= 15 is 0 Å². The minimum absolute atomic E-state index is 0.308. The van der Waals surface area contributed by atoms with Gasteiger partial charge >= 0.3 is 11.7 Å². The van der Waals surface area contributed by atoms with E-state index < -0.39 is 17.5 Å². The molecule has 0 spiro atoms. The Labute approximate surface area is 195 Å². The molecule has 1 aromatic heterocycles. The van der Waals surface area contributed by atoms with E-state index in [0.717, 1.165) is 22.5 Å². The average Bonchev–Trinajstić information content (AvgIpc) is 3.44. The number of fused-ring (bicyclic) bond motifs is 1. The summed E-state index contributed by atoms with van der Waals surface area (Å²) in [5.41, 5.74) is 1.97. The second-order valence-corrected chi connectivity index (χ2v) is 8.24. The van der Waals surface area contributed by atoms with E-state index in [-0.39, 0.29) is 0 Å². The molecule has 1 saturated heterocycles. The maximum Gasteiger partial charge on any atom is 0.377 e. The van der Waals surface area contributed by atoms with Crippen molar-refractivity contribution in [1.82, 2.24) is 14.5 Å². The van der Waals surface area contributed by atoms with E-state index in [0.29, 0.717) is 36.5 Å². The van der Waals surface area contributed by atoms with Crippen molar-refractivity contribution >= 4 is 17.9 Å². The van der Waals surface area contributed by atoms with Crippen LogP contribution in [0.3, 0.4) is 0 Å². The third-order valence-electron chi connectivity index (χ3n) is 6.07. The summed E-state index contributed by atoms with van der Waals surface area (Å²) in [6.45, 7) is 2.37. The van der Waals surface area contributed by atoms with E-state index in [1.807, 2.05) is 42.0 Å². The van der Waals surface area contributed by atoms with Crippen LogP contribution < -0.4 is 4.74 Å². The van der Waals surface area contributed by atoms with Gasteiger partial charge in [0.05, 0.1) is 24.8 Å². The number of carbonyl (C=O) groups is 1. The molecule has 3 aromatic rings. The number of halogens is 1. The summed E-state index contributed by atoms with van der Waals surface area (Å²) in [7, 11) is 1.61. The molecule has 0 saturated carbocycles. The van der Waals surface area contributed by atoms with Crippen LogP contribution in [0.5, 0.6) is 5.75 Å². The number of methoxy groups -OCH3 is 1. The summed E-state index contributed by atoms with van der Waals surface area (Å²) in [5, 5.41) is 14.3. The summed E-state index contributed by atoms with van der Waals surface area (Å²) < 4.78 is 21.0. The Morgan fingerprint density at radius 3 is 2.74 bits per heavy atom. The molecule has 3 heterocycles. The van der Waals surface area contributed by atoms with Crippen LogP contribution in [0.4, 0.5) is 4.39 Å². The highest BCUT2D eigenvalue weighted by Gasteiger charge is 2.56. The van der Waals surface area contributed by atoms with E-state index in [1.165, 1.54) is 24.3 Å². The number of oxime groups is 1. The van der Waals surface area contributed by atoms with Gasteiger partial charge in [-0.25, -0.2) is 14.2 Å². The molecular weight excluding hydrogens is 439 g/mol. The predicted octanol–water partition coefficient (Wildman–Crippen LogP) is 4.09. The maximum absolute atomic E-state index is 13.5. The summed E-state index contributed by atoms with van der Waals surface area (Å²) in [6.07, 6.45) is 7.04. The lowest BCUT2D eigenvalue weighted by Gasteiger charge is -2.36. The summed E-state index contributed by atoms with van der Waals surface area (Å²) >= 11 is 0. The fourth-order valence-electron chi connectivity index (χ4n) is 4.44. The molecule has 0 amide bonds. The molecule has 1 N–H and O–H groups in total. The second-order valence-electron chi connectivity index (χ2n) is 8.24.